The number of aryl methyl sites for hydroxylation is 1. The number of aldehydes is 1. The third-order valence-electron chi connectivity index (χ3n) is 2.32. The van der Waals surface area contributed by atoms with Gasteiger partial charge in [-0.2, -0.15) is 0 Å². The molecule has 1 aromatic carbocycles. The van der Waals surface area contributed by atoms with Crippen LogP contribution in [0.2, 0.25) is 0 Å². The highest BCUT2D eigenvalue weighted by Crippen LogP contribution is 2.15. The molecule has 0 bridgehead atoms. The van der Waals surface area contributed by atoms with E-state index in [0.717, 1.165) is 12.0 Å². The number of hydrogen-bond donors (Lipinski definition) is 0. The molecule has 1 heterocycles. The first-order chi connectivity index (χ1) is 7.22. The van der Waals surface area contributed by atoms with Crippen molar-refractivity contribution in [2.45, 2.75) is 6.92 Å². The van der Waals surface area contributed by atoms with Gasteiger partial charge in [0.15, 0.2) is 6.29 Å². The number of rotatable bonds is 2. The van der Waals surface area contributed by atoms with E-state index in [9.17, 15) is 9.18 Å². The molecule has 0 aliphatic heterocycles. The van der Waals surface area contributed by atoms with Gasteiger partial charge in [0.2, 0.25) is 0 Å². The molecule has 0 saturated heterocycles. The van der Waals surface area contributed by atoms with E-state index >= 15 is 0 Å². The Morgan fingerprint density at radius 3 is 2.80 bits per heavy atom. The molecule has 15 heavy (non-hydrogen) atoms. The molecule has 0 N–H and O–H groups in total. The summed E-state index contributed by atoms with van der Waals surface area (Å²) in [7, 11) is 0. The summed E-state index contributed by atoms with van der Waals surface area (Å²) in [6, 6.07) is 8.25. The predicted octanol–water partition coefficient (Wildman–Crippen LogP) is 2.74. The number of hydrogen-bond acceptors (Lipinski definition) is 1. The van der Waals surface area contributed by atoms with E-state index in [1.54, 1.807) is 42.0 Å². The molecule has 0 unspecified atom stereocenters. The van der Waals surface area contributed by atoms with E-state index < -0.39 is 0 Å². The SMILES string of the molecule is Cc1cc(-n2cccc2C=O)ccc1F. The third-order valence-corrected chi connectivity index (χ3v) is 2.32. The maximum atomic E-state index is 13.0. The Balaban J connectivity index is 2.54. The highest BCUT2D eigenvalue weighted by molar-refractivity contribution is 5.73. The molecular formula is C12H10FNO. The average Bonchev–Trinajstić information content (AvgIpc) is 2.70. The fourth-order valence-corrected chi connectivity index (χ4v) is 1.50. The summed E-state index contributed by atoms with van der Waals surface area (Å²) >= 11 is 0. The van der Waals surface area contributed by atoms with Gasteiger partial charge in [-0.05, 0) is 42.8 Å². The van der Waals surface area contributed by atoms with Gasteiger partial charge >= 0.3 is 0 Å². The third kappa shape index (κ3) is 1.68. The van der Waals surface area contributed by atoms with Crippen LogP contribution in [0.4, 0.5) is 4.39 Å². The summed E-state index contributed by atoms with van der Waals surface area (Å²) in [6.45, 7) is 1.70. The van der Waals surface area contributed by atoms with Gasteiger partial charge in [-0.3, -0.25) is 4.79 Å². The van der Waals surface area contributed by atoms with Gasteiger partial charge in [0.1, 0.15) is 5.82 Å². The van der Waals surface area contributed by atoms with E-state index in [4.69, 9.17) is 0 Å². The van der Waals surface area contributed by atoms with Crippen LogP contribution in [0.25, 0.3) is 5.69 Å². The minimum absolute atomic E-state index is 0.237. The van der Waals surface area contributed by atoms with Crippen LogP contribution in [0.1, 0.15) is 16.1 Å². The molecule has 0 aliphatic rings. The van der Waals surface area contributed by atoms with Gasteiger partial charge < -0.3 is 4.57 Å². The fourth-order valence-electron chi connectivity index (χ4n) is 1.50. The molecule has 76 valence electrons. The zero-order valence-corrected chi connectivity index (χ0v) is 8.27. The second-order valence-corrected chi connectivity index (χ2v) is 3.35. The maximum absolute atomic E-state index is 13.0. The molecule has 0 aliphatic carbocycles. The lowest BCUT2D eigenvalue weighted by molar-refractivity contribution is 0.111. The largest absolute Gasteiger partial charge is 0.314 e. The monoisotopic (exact) mass is 203 g/mol. The second kappa shape index (κ2) is 3.69. The summed E-state index contributed by atoms with van der Waals surface area (Å²) in [6.07, 6.45) is 2.55. The summed E-state index contributed by atoms with van der Waals surface area (Å²) in [5.41, 5.74) is 1.92. The molecule has 0 atom stereocenters. The molecule has 2 aromatic rings. The van der Waals surface area contributed by atoms with Crippen LogP contribution in [0.3, 0.4) is 0 Å². The zero-order chi connectivity index (χ0) is 10.8. The summed E-state index contributed by atoms with van der Waals surface area (Å²) in [5.74, 6) is -0.237. The Bertz CT molecular complexity index is 502. The van der Waals surface area contributed by atoms with Gasteiger partial charge in [-0.15, -0.1) is 0 Å². The van der Waals surface area contributed by atoms with E-state index in [-0.39, 0.29) is 5.82 Å². The topological polar surface area (TPSA) is 22.0 Å². The van der Waals surface area contributed by atoms with Gasteiger partial charge in [-0.25, -0.2) is 4.39 Å². The number of benzene rings is 1. The summed E-state index contributed by atoms with van der Waals surface area (Å²) in [5, 5.41) is 0. The number of aromatic nitrogens is 1. The van der Waals surface area contributed by atoms with Crippen LogP contribution in [0.5, 0.6) is 0 Å². The van der Waals surface area contributed by atoms with Crippen molar-refractivity contribution < 1.29 is 9.18 Å². The molecular weight excluding hydrogens is 193 g/mol. The zero-order valence-electron chi connectivity index (χ0n) is 8.27. The Morgan fingerprint density at radius 2 is 2.13 bits per heavy atom. The predicted molar refractivity (Wildman–Crippen MR) is 55.9 cm³/mol. The molecule has 2 nitrogen and oxygen atoms in total. The van der Waals surface area contributed by atoms with Crippen molar-refractivity contribution in [1.29, 1.82) is 0 Å². The minimum Gasteiger partial charge on any atom is -0.314 e. The molecule has 0 spiro atoms. The van der Waals surface area contributed by atoms with Crippen molar-refractivity contribution in [2.75, 3.05) is 0 Å². The van der Waals surface area contributed by atoms with Crippen LogP contribution in [-0.2, 0) is 0 Å². The Kier molecular flexibility index (Phi) is 2.37. The molecule has 0 fully saturated rings. The van der Waals surface area contributed by atoms with E-state index in [2.05, 4.69) is 0 Å². The van der Waals surface area contributed by atoms with Crippen LogP contribution in [0, 0.1) is 12.7 Å². The van der Waals surface area contributed by atoms with Gasteiger partial charge in [-0.1, -0.05) is 0 Å². The maximum Gasteiger partial charge on any atom is 0.166 e. The van der Waals surface area contributed by atoms with Crippen molar-refractivity contribution in [3.05, 3.63) is 53.6 Å². The van der Waals surface area contributed by atoms with Crippen molar-refractivity contribution in [1.82, 2.24) is 4.57 Å². The van der Waals surface area contributed by atoms with Crippen LogP contribution in [0.15, 0.2) is 36.5 Å². The molecule has 1 aromatic heterocycles. The van der Waals surface area contributed by atoms with Crippen LogP contribution < -0.4 is 0 Å². The Labute approximate surface area is 87.0 Å². The number of nitrogens with zero attached hydrogens (tertiary/aromatic N) is 1. The van der Waals surface area contributed by atoms with Crippen LogP contribution >= 0.6 is 0 Å². The van der Waals surface area contributed by atoms with E-state index in [1.807, 2.05) is 0 Å². The van der Waals surface area contributed by atoms with Crippen molar-refractivity contribution in [3.8, 4) is 5.69 Å². The van der Waals surface area contributed by atoms with Crippen molar-refractivity contribution >= 4 is 6.29 Å². The Hall–Kier alpha value is -1.90. The van der Waals surface area contributed by atoms with Crippen molar-refractivity contribution in [3.63, 3.8) is 0 Å². The molecule has 0 amide bonds. The number of halogens is 1. The fraction of sp³-hybridized carbons (Fsp3) is 0.0833. The molecule has 0 radical (unpaired) electrons. The number of carbonyl (C=O) groups excluding carboxylic acids is 1. The van der Waals surface area contributed by atoms with E-state index in [1.165, 1.54) is 6.07 Å². The normalized spacial score (nSPS) is 10.3. The Morgan fingerprint density at radius 1 is 1.33 bits per heavy atom. The highest BCUT2D eigenvalue weighted by atomic mass is 19.1. The lowest BCUT2D eigenvalue weighted by Gasteiger charge is -2.06. The molecule has 2 rings (SSSR count). The first-order valence-electron chi connectivity index (χ1n) is 4.61. The highest BCUT2D eigenvalue weighted by Gasteiger charge is 2.04. The molecule has 0 saturated carbocycles. The van der Waals surface area contributed by atoms with Gasteiger partial charge in [0.05, 0.1) is 5.69 Å². The lowest BCUT2D eigenvalue weighted by atomic mass is 10.2. The summed E-state index contributed by atoms with van der Waals surface area (Å²) in [4.78, 5) is 10.7. The first-order valence-corrected chi connectivity index (χ1v) is 4.61. The smallest absolute Gasteiger partial charge is 0.166 e. The second-order valence-electron chi connectivity index (χ2n) is 3.35. The minimum atomic E-state index is -0.237. The quantitative estimate of drug-likeness (QED) is 0.688. The summed E-state index contributed by atoms with van der Waals surface area (Å²) < 4.78 is 14.8. The number of carbonyl (C=O) groups is 1. The average molecular weight is 203 g/mol. The van der Waals surface area contributed by atoms with Crippen LogP contribution in [-0.4, -0.2) is 10.9 Å². The van der Waals surface area contributed by atoms with E-state index in [0.29, 0.717) is 11.3 Å². The first kappa shape index (κ1) is 9.65. The standard InChI is InChI=1S/C12H10FNO/c1-9-7-10(4-5-12(9)13)14-6-2-3-11(14)8-15/h2-8H,1H3. The van der Waals surface area contributed by atoms with Crippen molar-refractivity contribution in [2.24, 2.45) is 0 Å². The van der Waals surface area contributed by atoms with Gasteiger partial charge in [0, 0.05) is 11.9 Å². The lowest BCUT2D eigenvalue weighted by Crippen LogP contribution is -1.98. The van der Waals surface area contributed by atoms with Gasteiger partial charge in [0.25, 0.3) is 0 Å². The molecule has 3 heteroatoms.